The number of ether oxygens (including phenoxy) is 3. The maximum atomic E-state index is 13.2. The van der Waals surface area contributed by atoms with E-state index < -0.39 is 10.0 Å². The fourth-order valence-corrected chi connectivity index (χ4v) is 4.80. The van der Waals surface area contributed by atoms with E-state index in [9.17, 15) is 8.42 Å². The molecule has 0 saturated carbocycles. The second kappa shape index (κ2) is 8.73. The third-order valence-corrected chi connectivity index (χ3v) is 6.49. The second-order valence-corrected chi connectivity index (χ2v) is 7.89. The Hall–Kier alpha value is -1.51. The van der Waals surface area contributed by atoms with Crippen molar-refractivity contribution in [2.24, 2.45) is 5.92 Å². The molecule has 0 amide bonds. The third-order valence-electron chi connectivity index (χ3n) is 4.52. The van der Waals surface area contributed by atoms with Gasteiger partial charge in [-0.05, 0) is 31.8 Å². The van der Waals surface area contributed by atoms with Crippen LogP contribution < -0.4 is 19.5 Å². The molecule has 25 heavy (non-hydrogen) atoms. The van der Waals surface area contributed by atoms with Gasteiger partial charge in [-0.2, -0.15) is 4.31 Å². The maximum absolute atomic E-state index is 13.2. The Morgan fingerprint density at radius 3 is 2.08 bits per heavy atom. The summed E-state index contributed by atoms with van der Waals surface area (Å²) in [4.78, 5) is 0.0587. The van der Waals surface area contributed by atoms with Crippen LogP contribution in [0.25, 0.3) is 0 Å². The van der Waals surface area contributed by atoms with Crippen LogP contribution in [0.1, 0.15) is 19.8 Å². The first-order valence-corrected chi connectivity index (χ1v) is 9.92. The summed E-state index contributed by atoms with van der Waals surface area (Å²) in [6, 6.07) is 3.13. The van der Waals surface area contributed by atoms with Gasteiger partial charge in [0.25, 0.3) is 0 Å². The third kappa shape index (κ3) is 4.37. The van der Waals surface area contributed by atoms with Crippen molar-refractivity contribution in [2.45, 2.75) is 24.7 Å². The van der Waals surface area contributed by atoms with E-state index in [2.05, 4.69) is 12.2 Å². The predicted molar refractivity (Wildman–Crippen MR) is 96.1 cm³/mol. The number of sulfonamides is 1. The molecule has 1 N–H and O–H groups in total. The van der Waals surface area contributed by atoms with Gasteiger partial charge in [0.15, 0.2) is 4.90 Å². The fraction of sp³-hybridized carbons (Fsp3) is 0.647. The quantitative estimate of drug-likeness (QED) is 0.749. The van der Waals surface area contributed by atoms with Gasteiger partial charge in [0.2, 0.25) is 10.0 Å². The number of nitrogens with one attached hydrogen (secondary N) is 1. The van der Waals surface area contributed by atoms with E-state index in [0.29, 0.717) is 24.8 Å². The number of piperidine rings is 1. The summed E-state index contributed by atoms with van der Waals surface area (Å²) < 4.78 is 43.7. The van der Waals surface area contributed by atoms with E-state index in [1.807, 2.05) is 0 Å². The molecule has 1 aromatic carbocycles. The fourth-order valence-electron chi connectivity index (χ4n) is 3.06. The number of hydrogen-bond donors (Lipinski definition) is 1. The van der Waals surface area contributed by atoms with Gasteiger partial charge >= 0.3 is 0 Å². The summed E-state index contributed by atoms with van der Waals surface area (Å²) >= 11 is 0. The standard InChI is InChI=1S/C17H28N2O5S/c1-5-18-12-13-6-8-19(9-7-13)25(20,21)17-15(23-3)10-14(22-2)11-16(17)24-4/h10-11,13,18H,5-9,12H2,1-4H3. The van der Waals surface area contributed by atoms with Crippen molar-refractivity contribution in [3.63, 3.8) is 0 Å². The minimum atomic E-state index is -3.71. The molecule has 1 fully saturated rings. The van der Waals surface area contributed by atoms with Crippen LogP contribution in [0.4, 0.5) is 0 Å². The normalized spacial score (nSPS) is 16.6. The first-order chi connectivity index (χ1) is 12.0. The molecular formula is C17H28N2O5S. The van der Waals surface area contributed by atoms with Crippen LogP contribution in [0.15, 0.2) is 17.0 Å². The van der Waals surface area contributed by atoms with E-state index in [0.717, 1.165) is 25.9 Å². The van der Waals surface area contributed by atoms with Gasteiger partial charge in [0, 0.05) is 25.2 Å². The molecule has 0 spiro atoms. The highest BCUT2D eigenvalue weighted by Crippen LogP contribution is 2.40. The average Bonchev–Trinajstić information content (AvgIpc) is 2.65. The van der Waals surface area contributed by atoms with Gasteiger partial charge in [-0.1, -0.05) is 6.92 Å². The number of rotatable bonds is 8. The number of benzene rings is 1. The summed E-state index contributed by atoms with van der Waals surface area (Å²) in [5.74, 6) is 1.44. The smallest absolute Gasteiger partial charge is 0.250 e. The molecule has 0 unspecified atom stereocenters. The largest absolute Gasteiger partial charge is 0.496 e. The van der Waals surface area contributed by atoms with Gasteiger partial charge in [-0.25, -0.2) is 8.42 Å². The Morgan fingerprint density at radius 2 is 1.64 bits per heavy atom. The minimum Gasteiger partial charge on any atom is -0.496 e. The molecule has 8 heteroatoms. The average molecular weight is 372 g/mol. The maximum Gasteiger partial charge on any atom is 0.250 e. The van der Waals surface area contributed by atoms with Gasteiger partial charge < -0.3 is 19.5 Å². The lowest BCUT2D eigenvalue weighted by Crippen LogP contribution is -2.40. The summed E-state index contributed by atoms with van der Waals surface area (Å²) in [5, 5.41) is 3.33. The van der Waals surface area contributed by atoms with E-state index in [1.54, 1.807) is 12.1 Å². The molecule has 0 radical (unpaired) electrons. The second-order valence-electron chi connectivity index (χ2n) is 6.02. The van der Waals surface area contributed by atoms with Crippen LogP contribution in [0.5, 0.6) is 17.2 Å². The van der Waals surface area contributed by atoms with Crippen molar-refractivity contribution in [2.75, 3.05) is 47.5 Å². The Morgan fingerprint density at radius 1 is 1.08 bits per heavy atom. The van der Waals surface area contributed by atoms with Gasteiger partial charge in [0.1, 0.15) is 17.2 Å². The van der Waals surface area contributed by atoms with E-state index in [-0.39, 0.29) is 16.4 Å². The Bertz CT molecular complexity index is 645. The summed E-state index contributed by atoms with van der Waals surface area (Å²) in [6.45, 7) is 4.92. The van der Waals surface area contributed by atoms with Crippen molar-refractivity contribution in [3.05, 3.63) is 12.1 Å². The van der Waals surface area contributed by atoms with Gasteiger partial charge in [0.05, 0.1) is 21.3 Å². The molecule has 0 atom stereocenters. The van der Waals surface area contributed by atoms with Crippen molar-refractivity contribution in [3.8, 4) is 17.2 Å². The zero-order valence-electron chi connectivity index (χ0n) is 15.4. The summed E-state index contributed by atoms with van der Waals surface area (Å²) in [7, 11) is 0.683. The number of methoxy groups -OCH3 is 3. The van der Waals surface area contributed by atoms with E-state index in [1.165, 1.54) is 25.6 Å². The van der Waals surface area contributed by atoms with Gasteiger partial charge in [-0.15, -0.1) is 0 Å². The zero-order chi connectivity index (χ0) is 18.4. The van der Waals surface area contributed by atoms with Gasteiger partial charge in [-0.3, -0.25) is 0 Å². The molecule has 1 aliphatic rings. The lowest BCUT2D eigenvalue weighted by Gasteiger charge is -2.32. The molecular weight excluding hydrogens is 344 g/mol. The Labute approximate surface area is 150 Å². The Balaban J connectivity index is 2.28. The number of nitrogens with zero attached hydrogens (tertiary/aromatic N) is 1. The van der Waals surface area contributed by atoms with Crippen molar-refractivity contribution >= 4 is 10.0 Å². The first-order valence-electron chi connectivity index (χ1n) is 8.48. The van der Waals surface area contributed by atoms with Crippen LogP contribution in [-0.4, -0.2) is 60.2 Å². The molecule has 1 heterocycles. The highest BCUT2D eigenvalue weighted by molar-refractivity contribution is 7.89. The summed E-state index contributed by atoms with van der Waals surface area (Å²) in [5.41, 5.74) is 0. The highest BCUT2D eigenvalue weighted by atomic mass is 32.2. The highest BCUT2D eigenvalue weighted by Gasteiger charge is 2.34. The lowest BCUT2D eigenvalue weighted by atomic mass is 9.98. The number of hydrogen-bond acceptors (Lipinski definition) is 6. The molecule has 142 valence electrons. The van der Waals surface area contributed by atoms with Crippen LogP contribution in [0.3, 0.4) is 0 Å². The summed E-state index contributed by atoms with van der Waals surface area (Å²) in [6.07, 6.45) is 1.68. The molecule has 2 rings (SSSR count). The first kappa shape index (κ1) is 19.8. The Kier molecular flexibility index (Phi) is 6.92. The van der Waals surface area contributed by atoms with Crippen LogP contribution in [0, 0.1) is 5.92 Å². The van der Waals surface area contributed by atoms with Crippen molar-refractivity contribution in [1.82, 2.24) is 9.62 Å². The predicted octanol–water partition coefficient (Wildman–Crippen LogP) is 1.72. The molecule has 0 bridgehead atoms. The minimum absolute atomic E-state index is 0.0587. The molecule has 0 aromatic heterocycles. The van der Waals surface area contributed by atoms with E-state index >= 15 is 0 Å². The van der Waals surface area contributed by atoms with Crippen molar-refractivity contribution < 1.29 is 22.6 Å². The van der Waals surface area contributed by atoms with Crippen LogP contribution >= 0.6 is 0 Å². The molecule has 0 aliphatic carbocycles. The molecule has 1 saturated heterocycles. The molecule has 1 aromatic rings. The molecule has 7 nitrogen and oxygen atoms in total. The topological polar surface area (TPSA) is 77.1 Å². The van der Waals surface area contributed by atoms with Crippen LogP contribution in [0.2, 0.25) is 0 Å². The van der Waals surface area contributed by atoms with E-state index in [4.69, 9.17) is 14.2 Å². The lowest BCUT2D eigenvalue weighted by molar-refractivity contribution is 0.266. The zero-order valence-corrected chi connectivity index (χ0v) is 16.2. The van der Waals surface area contributed by atoms with Crippen molar-refractivity contribution in [1.29, 1.82) is 0 Å². The monoisotopic (exact) mass is 372 g/mol. The molecule has 1 aliphatic heterocycles. The van der Waals surface area contributed by atoms with Crippen LogP contribution in [-0.2, 0) is 10.0 Å². The SMILES string of the molecule is CCNCC1CCN(S(=O)(=O)c2c(OC)cc(OC)cc2OC)CC1.